The summed E-state index contributed by atoms with van der Waals surface area (Å²) in [6, 6.07) is 10.4. The fraction of sp³-hybridized carbons (Fsp3) is 0.647. The summed E-state index contributed by atoms with van der Waals surface area (Å²) in [5.41, 5.74) is 2.81. The fourth-order valence-corrected chi connectivity index (χ4v) is 3.06. The molecule has 0 spiro atoms. The smallest absolute Gasteiger partial charge is 0.0320 e. The van der Waals surface area contributed by atoms with E-state index in [1.807, 2.05) is 0 Å². The molecule has 2 atom stereocenters. The van der Waals surface area contributed by atoms with Crippen molar-refractivity contribution in [2.75, 3.05) is 19.6 Å². The zero-order valence-electron chi connectivity index (χ0n) is 12.2. The van der Waals surface area contributed by atoms with Crippen LogP contribution in [0.25, 0.3) is 0 Å². The lowest BCUT2D eigenvalue weighted by Crippen LogP contribution is -2.29. The molecule has 19 heavy (non-hydrogen) atoms. The van der Waals surface area contributed by atoms with E-state index in [0.717, 1.165) is 12.0 Å². The third-order valence-corrected chi connectivity index (χ3v) is 4.70. The van der Waals surface area contributed by atoms with E-state index in [1.54, 1.807) is 0 Å². The highest BCUT2D eigenvalue weighted by Crippen LogP contribution is 2.28. The highest BCUT2D eigenvalue weighted by atomic mass is 15.2. The average Bonchev–Trinajstić information content (AvgIpc) is 3.13. The molecule has 2 unspecified atom stereocenters. The summed E-state index contributed by atoms with van der Waals surface area (Å²) in [6.07, 6.45) is 4.16. The first-order valence-electron chi connectivity index (χ1n) is 7.76. The van der Waals surface area contributed by atoms with Crippen molar-refractivity contribution < 1.29 is 0 Å². The molecule has 0 amide bonds. The van der Waals surface area contributed by atoms with Crippen LogP contribution in [0.1, 0.15) is 43.4 Å². The minimum absolute atomic E-state index is 0.562. The second-order valence-electron chi connectivity index (χ2n) is 6.42. The Balaban J connectivity index is 1.52. The van der Waals surface area contributed by atoms with Gasteiger partial charge in [0.2, 0.25) is 0 Å². The van der Waals surface area contributed by atoms with Crippen molar-refractivity contribution in [2.24, 2.45) is 5.92 Å². The van der Waals surface area contributed by atoms with Crippen molar-refractivity contribution in [2.45, 2.75) is 45.2 Å². The van der Waals surface area contributed by atoms with Gasteiger partial charge in [-0.05, 0) is 57.7 Å². The maximum Gasteiger partial charge on any atom is 0.0320 e. The van der Waals surface area contributed by atoms with Crippen LogP contribution in [0.5, 0.6) is 0 Å². The number of nitrogens with zero attached hydrogens (tertiary/aromatic N) is 1. The molecule has 0 radical (unpaired) electrons. The standard InChI is InChI=1S/C17H26N2/c1-13-3-5-16(6-4-13)14(2)19-10-9-15(12-19)11-18-17-7-8-17/h3-6,14-15,17-18H,7-12H2,1-2H3. The minimum Gasteiger partial charge on any atom is -0.314 e. The molecule has 1 heterocycles. The van der Waals surface area contributed by atoms with Crippen LogP contribution < -0.4 is 5.32 Å². The van der Waals surface area contributed by atoms with Crippen LogP contribution in [0.4, 0.5) is 0 Å². The van der Waals surface area contributed by atoms with Crippen molar-refractivity contribution in [1.29, 1.82) is 0 Å². The molecular formula is C17H26N2. The van der Waals surface area contributed by atoms with Crippen LogP contribution in [0.15, 0.2) is 24.3 Å². The van der Waals surface area contributed by atoms with Gasteiger partial charge < -0.3 is 5.32 Å². The fourth-order valence-electron chi connectivity index (χ4n) is 3.06. The first kappa shape index (κ1) is 13.1. The quantitative estimate of drug-likeness (QED) is 0.873. The molecule has 2 fully saturated rings. The maximum absolute atomic E-state index is 3.68. The number of hydrogen-bond donors (Lipinski definition) is 1. The van der Waals surface area contributed by atoms with Gasteiger partial charge in [-0.15, -0.1) is 0 Å². The molecule has 1 aromatic rings. The molecule has 1 saturated heterocycles. The Bertz CT molecular complexity index is 408. The molecule has 0 bridgehead atoms. The molecular weight excluding hydrogens is 232 g/mol. The third kappa shape index (κ3) is 3.37. The van der Waals surface area contributed by atoms with Gasteiger partial charge in [0, 0.05) is 18.6 Å². The largest absolute Gasteiger partial charge is 0.314 e. The maximum atomic E-state index is 3.68. The van der Waals surface area contributed by atoms with Crippen LogP contribution in [0, 0.1) is 12.8 Å². The number of aryl methyl sites for hydroxylation is 1. The molecule has 2 aliphatic rings. The van der Waals surface area contributed by atoms with E-state index in [1.165, 1.54) is 50.0 Å². The van der Waals surface area contributed by atoms with Crippen molar-refractivity contribution in [3.05, 3.63) is 35.4 Å². The van der Waals surface area contributed by atoms with E-state index in [2.05, 4.69) is 48.3 Å². The summed E-state index contributed by atoms with van der Waals surface area (Å²) in [6.45, 7) is 8.24. The monoisotopic (exact) mass is 258 g/mol. The van der Waals surface area contributed by atoms with Crippen molar-refractivity contribution in [3.8, 4) is 0 Å². The van der Waals surface area contributed by atoms with Gasteiger partial charge in [-0.3, -0.25) is 4.90 Å². The predicted molar refractivity (Wildman–Crippen MR) is 80.3 cm³/mol. The summed E-state index contributed by atoms with van der Waals surface area (Å²) in [7, 11) is 0. The molecule has 3 rings (SSSR count). The minimum atomic E-state index is 0.562. The summed E-state index contributed by atoms with van der Waals surface area (Å²) < 4.78 is 0. The molecule has 1 aliphatic heterocycles. The summed E-state index contributed by atoms with van der Waals surface area (Å²) >= 11 is 0. The lowest BCUT2D eigenvalue weighted by molar-refractivity contribution is 0.251. The third-order valence-electron chi connectivity index (χ3n) is 4.70. The molecule has 1 aromatic carbocycles. The van der Waals surface area contributed by atoms with Gasteiger partial charge in [0.1, 0.15) is 0 Å². The summed E-state index contributed by atoms with van der Waals surface area (Å²) in [5.74, 6) is 0.855. The number of nitrogens with one attached hydrogen (secondary N) is 1. The molecule has 2 heteroatoms. The van der Waals surface area contributed by atoms with E-state index in [-0.39, 0.29) is 0 Å². The van der Waals surface area contributed by atoms with Crippen LogP contribution in [-0.4, -0.2) is 30.6 Å². The van der Waals surface area contributed by atoms with E-state index in [0.29, 0.717) is 6.04 Å². The van der Waals surface area contributed by atoms with E-state index in [9.17, 15) is 0 Å². The normalized spacial score (nSPS) is 25.7. The lowest BCUT2D eigenvalue weighted by Gasteiger charge is -2.25. The Morgan fingerprint density at radius 2 is 1.95 bits per heavy atom. The lowest BCUT2D eigenvalue weighted by atomic mass is 10.1. The molecule has 104 valence electrons. The molecule has 2 nitrogen and oxygen atoms in total. The van der Waals surface area contributed by atoms with E-state index < -0.39 is 0 Å². The summed E-state index contributed by atoms with van der Waals surface area (Å²) in [5, 5.41) is 3.68. The van der Waals surface area contributed by atoms with Gasteiger partial charge in [-0.2, -0.15) is 0 Å². The zero-order chi connectivity index (χ0) is 13.2. The highest BCUT2D eigenvalue weighted by molar-refractivity contribution is 5.23. The van der Waals surface area contributed by atoms with Gasteiger partial charge in [0.05, 0.1) is 0 Å². The Labute approximate surface area is 117 Å². The molecule has 1 aliphatic carbocycles. The first-order valence-corrected chi connectivity index (χ1v) is 7.76. The van der Waals surface area contributed by atoms with Crippen LogP contribution in [-0.2, 0) is 0 Å². The average molecular weight is 258 g/mol. The van der Waals surface area contributed by atoms with Crippen molar-refractivity contribution in [1.82, 2.24) is 10.2 Å². The van der Waals surface area contributed by atoms with Crippen LogP contribution in [0.2, 0.25) is 0 Å². The second kappa shape index (κ2) is 5.64. The van der Waals surface area contributed by atoms with E-state index >= 15 is 0 Å². The van der Waals surface area contributed by atoms with Gasteiger partial charge in [-0.25, -0.2) is 0 Å². The van der Waals surface area contributed by atoms with Crippen LogP contribution in [0.3, 0.4) is 0 Å². The van der Waals surface area contributed by atoms with Crippen molar-refractivity contribution >= 4 is 0 Å². The van der Waals surface area contributed by atoms with Gasteiger partial charge in [0.25, 0.3) is 0 Å². The molecule has 0 aromatic heterocycles. The topological polar surface area (TPSA) is 15.3 Å². The summed E-state index contributed by atoms with van der Waals surface area (Å²) in [4.78, 5) is 2.64. The number of benzene rings is 1. The van der Waals surface area contributed by atoms with Crippen LogP contribution >= 0.6 is 0 Å². The highest BCUT2D eigenvalue weighted by Gasteiger charge is 2.28. The Kier molecular flexibility index (Phi) is 3.90. The Morgan fingerprint density at radius 1 is 1.21 bits per heavy atom. The Hall–Kier alpha value is -0.860. The number of hydrogen-bond acceptors (Lipinski definition) is 2. The Morgan fingerprint density at radius 3 is 2.63 bits per heavy atom. The molecule has 1 N–H and O–H groups in total. The predicted octanol–water partition coefficient (Wildman–Crippen LogP) is 3.13. The van der Waals surface area contributed by atoms with Gasteiger partial charge in [-0.1, -0.05) is 29.8 Å². The van der Waals surface area contributed by atoms with E-state index in [4.69, 9.17) is 0 Å². The zero-order valence-corrected chi connectivity index (χ0v) is 12.2. The van der Waals surface area contributed by atoms with Gasteiger partial charge >= 0.3 is 0 Å². The SMILES string of the molecule is Cc1ccc(C(C)N2CCC(CNC3CC3)C2)cc1. The number of rotatable bonds is 5. The second-order valence-corrected chi connectivity index (χ2v) is 6.42. The van der Waals surface area contributed by atoms with Gasteiger partial charge in [0.15, 0.2) is 0 Å². The molecule has 1 saturated carbocycles. The first-order chi connectivity index (χ1) is 9.22. The number of likely N-dealkylation sites (tertiary alicyclic amines) is 1. The van der Waals surface area contributed by atoms with Crippen molar-refractivity contribution in [3.63, 3.8) is 0 Å².